The lowest BCUT2D eigenvalue weighted by atomic mass is 10.1. The summed E-state index contributed by atoms with van der Waals surface area (Å²) in [6, 6.07) is 23.1. The van der Waals surface area contributed by atoms with Gasteiger partial charge in [0.2, 0.25) is 0 Å². The van der Waals surface area contributed by atoms with Gasteiger partial charge >= 0.3 is 0 Å². The molecule has 8 heteroatoms. The first-order chi connectivity index (χ1) is 15.6. The van der Waals surface area contributed by atoms with E-state index in [4.69, 9.17) is 0 Å². The van der Waals surface area contributed by atoms with Crippen LogP contribution in [-0.2, 0) is 5.75 Å². The number of para-hydroxylation sites is 2. The summed E-state index contributed by atoms with van der Waals surface area (Å²) in [5.74, 6) is 1.95. The fraction of sp³-hybridized carbons (Fsp3) is 0.0833. The van der Waals surface area contributed by atoms with Crippen molar-refractivity contribution in [3.63, 3.8) is 0 Å². The van der Waals surface area contributed by atoms with Crippen LogP contribution in [0.1, 0.15) is 21.7 Å². The second kappa shape index (κ2) is 8.68. The molecule has 2 aromatic heterocycles. The molecule has 0 saturated heterocycles. The molecular weight excluding hydrogens is 420 g/mol. The lowest BCUT2D eigenvalue weighted by Crippen LogP contribution is -2.11. The van der Waals surface area contributed by atoms with Crippen molar-refractivity contribution in [1.82, 2.24) is 25.1 Å². The summed E-state index contributed by atoms with van der Waals surface area (Å²) < 4.78 is 0. The molecule has 0 spiro atoms. The Morgan fingerprint density at radius 1 is 1.00 bits per heavy atom. The van der Waals surface area contributed by atoms with Crippen LogP contribution in [0.4, 0.5) is 5.69 Å². The van der Waals surface area contributed by atoms with Gasteiger partial charge in [0.1, 0.15) is 5.82 Å². The molecule has 0 aliphatic heterocycles. The van der Waals surface area contributed by atoms with Crippen molar-refractivity contribution in [2.75, 3.05) is 5.32 Å². The molecule has 0 saturated carbocycles. The Kier molecular flexibility index (Phi) is 5.43. The topological polar surface area (TPSA) is 99.3 Å². The smallest absolute Gasteiger partial charge is 0.255 e. The number of aromatic amines is 2. The number of aryl methyl sites for hydroxylation is 1. The number of nitrogens with zero attached hydrogens (tertiary/aromatic N) is 3. The van der Waals surface area contributed by atoms with Gasteiger partial charge in [0.15, 0.2) is 11.0 Å². The van der Waals surface area contributed by atoms with E-state index < -0.39 is 0 Å². The van der Waals surface area contributed by atoms with Crippen molar-refractivity contribution < 1.29 is 4.79 Å². The van der Waals surface area contributed by atoms with E-state index in [0.29, 0.717) is 17.1 Å². The average Bonchev–Trinajstić information content (AvgIpc) is 3.44. The third-order valence-electron chi connectivity index (χ3n) is 4.94. The highest BCUT2D eigenvalue weighted by Crippen LogP contribution is 2.24. The van der Waals surface area contributed by atoms with Gasteiger partial charge in [0.05, 0.1) is 11.0 Å². The van der Waals surface area contributed by atoms with Crippen LogP contribution in [0.15, 0.2) is 78.0 Å². The summed E-state index contributed by atoms with van der Waals surface area (Å²) in [4.78, 5) is 24.9. The number of hydrogen-bond donors (Lipinski definition) is 3. The number of amides is 1. The number of benzene rings is 3. The van der Waals surface area contributed by atoms with Crippen LogP contribution in [0.3, 0.4) is 0 Å². The molecule has 0 aliphatic rings. The highest BCUT2D eigenvalue weighted by Gasteiger charge is 2.09. The van der Waals surface area contributed by atoms with E-state index >= 15 is 0 Å². The molecule has 158 valence electrons. The summed E-state index contributed by atoms with van der Waals surface area (Å²) in [6.45, 7) is 1.85. The second-order valence-corrected chi connectivity index (χ2v) is 8.29. The van der Waals surface area contributed by atoms with Gasteiger partial charge in [-0.15, -0.1) is 0 Å². The molecule has 3 aromatic carbocycles. The first kappa shape index (κ1) is 20.0. The minimum Gasteiger partial charge on any atom is -0.333 e. The Bertz CT molecular complexity index is 1360. The molecule has 5 aromatic rings. The standard InChI is InChI=1S/C24H20N6OS/c1-15-25-22(30-29-15)18-5-4-6-19(13-18)26-23(31)17-11-9-16(10-12-17)14-32-24-27-20-7-2-3-8-21(20)28-24/h2-13H,14H2,1H3,(H,26,31)(H,27,28)(H,25,29,30). The van der Waals surface area contributed by atoms with Crippen molar-refractivity contribution in [1.29, 1.82) is 0 Å². The number of H-pyrrole nitrogens is 2. The Hall–Kier alpha value is -3.91. The first-order valence-electron chi connectivity index (χ1n) is 10.1. The predicted octanol–water partition coefficient (Wildman–Crippen LogP) is 5.20. The Morgan fingerprint density at radius 3 is 2.62 bits per heavy atom. The fourth-order valence-electron chi connectivity index (χ4n) is 3.31. The average molecular weight is 441 g/mol. The molecule has 1 amide bonds. The number of nitrogens with one attached hydrogen (secondary N) is 3. The van der Waals surface area contributed by atoms with Crippen molar-refractivity contribution >= 4 is 34.4 Å². The number of hydrogen-bond acceptors (Lipinski definition) is 5. The molecule has 3 N–H and O–H groups in total. The zero-order chi connectivity index (χ0) is 21.9. The van der Waals surface area contributed by atoms with Gasteiger partial charge in [-0.2, -0.15) is 5.10 Å². The quantitative estimate of drug-likeness (QED) is 0.315. The van der Waals surface area contributed by atoms with E-state index in [-0.39, 0.29) is 5.91 Å². The maximum absolute atomic E-state index is 12.7. The lowest BCUT2D eigenvalue weighted by Gasteiger charge is -2.07. The molecular formula is C24H20N6OS. The van der Waals surface area contributed by atoms with Gasteiger partial charge in [-0.1, -0.05) is 48.2 Å². The molecule has 5 rings (SSSR count). The van der Waals surface area contributed by atoms with E-state index in [1.54, 1.807) is 11.8 Å². The van der Waals surface area contributed by atoms with Crippen LogP contribution in [0.25, 0.3) is 22.4 Å². The third-order valence-corrected chi connectivity index (χ3v) is 5.88. The summed E-state index contributed by atoms with van der Waals surface area (Å²) >= 11 is 1.64. The molecule has 0 fully saturated rings. The summed E-state index contributed by atoms with van der Waals surface area (Å²) in [5.41, 5.74) is 5.24. The predicted molar refractivity (Wildman–Crippen MR) is 127 cm³/mol. The van der Waals surface area contributed by atoms with Crippen LogP contribution in [-0.4, -0.2) is 31.1 Å². The first-order valence-corrected chi connectivity index (χ1v) is 11.1. The van der Waals surface area contributed by atoms with Crippen LogP contribution in [0, 0.1) is 6.92 Å². The van der Waals surface area contributed by atoms with Crippen molar-refractivity contribution in [3.05, 3.63) is 89.7 Å². The van der Waals surface area contributed by atoms with E-state index in [1.165, 1.54) is 0 Å². The van der Waals surface area contributed by atoms with Crippen LogP contribution in [0.2, 0.25) is 0 Å². The Balaban J connectivity index is 1.22. The van der Waals surface area contributed by atoms with Crippen molar-refractivity contribution in [2.45, 2.75) is 17.8 Å². The number of imidazole rings is 1. The van der Waals surface area contributed by atoms with Crippen molar-refractivity contribution in [3.8, 4) is 11.4 Å². The van der Waals surface area contributed by atoms with Gasteiger partial charge in [-0.25, -0.2) is 9.97 Å². The Morgan fingerprint density at radius 2 is 1.84 bits per heavy atom. The van der Waals surface area contributed by atoms with Crippen LogP contribution < -0.4 is 5.32 Å². The van der Waals surface area contributed by atoms with Gasteiger partial charge in [0.25, 0.3) is 5.91 Å². The third kappa shape index (κ3) is 4.40. The normalized spacial score (nSPS) is 11.0. The number of anilines is 1. The molecule has 0 bridgehead atoms. The molecule has 2 heterocycles. The van der Waals surface area contributed by atoms with E-state index in [2.05, 4.69) is 30.5 Å². The number of fused-ring (bicyclic) bond motifs is 1. The highest BCUT2D eigenvalue weighted by atomic mass is 32.2. The summed E-state index contributed by atoms with van der Waals surface area (Å²) in [7, 11) is 0. The maximum Gasteiger partial charge on any atom is 0.255 e. The molecule has 32 heavy (non-hydrogen) atoms. The fourth-order valence-corrected chi connectivity index (χ4v) is 4.15. The molecule has 0 aliphatic carbocycles. The molecule has 0 atom stereocenters. The van der Waals surface area contributed by atoms with Gasteiger partial charge < -0.3 is 10.3 Å². The lowest BCUT2D eigenvalue weighted by molar-refractivity contribution is 0.102. The number of rotatable bonds is 6. The minimum absolute atomic E-state index is 0.162. The summed E-state index contributed by atoms with van der Waals surface area (Å²) in [5, 5.41) is 10.8. The molecule has 0 radical (unpaired) electrons. The van der Waals surface area contributed by atoms with E-state index in [0.717, 1.165) is 38.9 Å². The highest BCUT2D eigenvalue weighted by molar-refractivity contribution is 7.98. The Labute approximate surface area is 188 Å². The number of aromatic nitrogens is 5. The van der Waals surface area contributed by atoms with Crippen LogP contribution in [0.5, 0.6) is 0 Å². The van der Waals surface area contributed by atoms with Gasteiger partial charge in [-0.3, -0.25) is 9.89 Å². The zero-order valence-electron chi connectivity index (χ0n) is 17.3. The molecule has 0 unspecified atom stereocenters. The minimum atomic E-state index is -0.162. The monoisotopic (exact) mass is 440 g/mol. The number of thioether (sulfide) groups is 1. The zero-order valence-corrected chi connectivity index (χ0v) is 18.1. The van der Waals surface area contributed by atoms with Crippen LogP contribution >= 0.6 is 11.8 Å². The molecule has 7 nitrogen and oxygen atoms in total. The van der Waals surface area contributed by atoms with Gasteiger partial charge in [0, 0.05) is 22.6 Å². The van der Waals surface area contributed by atoms with E-state index in [9.17, 15) is 4.79 Å². The van der Waals surface area contributed by atoms with Crippen molar-refractivity contribution in [2.24, 2.45) is 0 Å². The van der Waals surface area contributed by atoms with E-state index in [1.807, 2.05) is 79.7 Å². The van der Waals surface area contributed by atoms with Gasteiger partial charge in [-0.05, 0) is 48.9 Å². The maximum atomic E-state index is 12.7. The SMILES string of the molecule is Cc1nc(-c2cccc(NC(=O)c3ccc(CSc4nc5ccccc5[nH]4)cc3)c2)n[nH]1. The largest absolute Gasteiger partial charge is 0.333 e. The summed E-state index contributed by atoms with van der Waals surface area (Å²) in [6.07, 6.45) is 0. The number of carbonyl (C=O) groups excluding carboxylic acids is 1. The second-order valence-electron chi connectivity index (χ2n) is 7.32. The number of carbonyl (C=O) groups is 1.